The summed E-state index contributed by atoms with van der Waals surface area (Å²) >= 11 is 3.43. The van der Waals surface area contributed by atoms with Crippen LogP contribution < -0.4 is 0 Å². The van der Waals surface area contributed by atoms with Crippen molar-refractivity contribution >= 4 is 32.9 Å². The molecule has 0 radical (unpaired) electrons. The number of aromatic amines is 1. The van der Waals surface area contributed by atoms with Crippen molar-refractivity contribution in [2.75, 3.05) is 6.61 Å². The Bertz CT molecular complexity index is 809. The maximum absolute atomic E-state index is 11.8. The van der Waals surface area contributed by atoms with Crippen LogP contribution in [0.4, 0.5) is 0 Å². The Morgan fingerprint density at radius 1 is 1.23 bits per heavy atom. The highest BCUT2D eigenvalue weighted by Gasteiger charge is 2.10. The Kier molecular flexibility index (Phi) is 4.24. The molecule has 0 fully saturated rings. The fourth-order valence-electron chi connectivity index (χ4n) is 2.28. The zero-order valence-electron chi connectivity index (χ0n) is 12.1. The number of hydrogen-bond donors (Lipinski definition) is 1. The van der Waals surface area contributed by atoms with Gasteiger partial charge in [0.15, 0.2) is 0 Å². The van der Waals surface area contributed by atoms with Crippen LogP contribution in [0, 0.1) is 0 Å². The average Bonchev–Trinajstić information content (AvgIpc) is 2.91. The van der Waals surface area contributed by atoms with Crippen LogP contribution in [0.3, 0.4) is 0 Å². The molecule has 0 atom stereocenters. The van der Waals surface area contributed by atoms with Crippen molar-refractivity contribution in [1.29, 1.82) is 0 Å². The number of imidazole rings is 1. The minimum Gasteiger partial charge on any atom is -0.462 e. The fourth-order valence-corrected chi connectivity index (χ4v) is 2.55. The molecule has 0 aliphatic rings. The maximum Gasteiger partial charge on any atom is 0.338 e. The Morgan fingerprint density at radius 3 is 2.73 bits per heavy atom. The number of halogens is 1. The Balaban J connectivity index is 1.86. The maximum atomic E-state index is 11.8. The fraction of sp³-hybridized carbons (Fsp3) is 0.176. The van der Waals surface area contributed by atoms with Gasteiger partial charge in [-0.25, -0.2) is 9.78 Å². The Morgan fingerprint density at radius 2 is 2.00 bits per heavy atom. The van der Waals surface area contributed by atoms with Crippen LogP contribution >= 0.6 is 15.9 Å². The molecule has 3 aromatic rings. The van der Waals surface area contributed by atoms with Gasteiger partial charge >= 0.3 is 5.97 Å². The molecule has 0 unspecified atom stereocenters. The van der Waals surface area contributed by atoms with Crippen molar-refractivity contribution in [2.45, 2.75) is 13.3 Å². The predicted octanol–water partition coefficient (Wildman–Crippen LogP) is 4.09. The Hall–Kier alpha value is -2.14. The first-order valence-electron chi connectivity index (χ1n) is 7.06. The monoisotopic (exact) mass is 358 g/mol. The molecule has 4 nitrogen and oxygen atoms in total. The third-order valence-corrected chi connectivity index (χ3v) is 3.86. The van der Waals surface area contributed by atoms with Crippen LogP contribution in [0.15, 0.2) is 46.9 Å². The largest absolute Gasteiger partial charge is 0.462 e. The van der Waals surface area contributed by atoms with E-state index < -0.39 is 0 Å². The van der Waals surface area contributed by atoms with Crippen molar-refractivity contribution in [1.82, 2.24) is 9.97 Å². The van der Waals surface area contributed by atoms with Gasteiger partial charge in [-0.3, -0.25) is 0 Å². The SMILES string of the molecule is CCOC(=O)c1ccc2nc(Cc3ccc(Br)cc3)[nH]c2c1. The molecule has 5 heteroatoms. The molecular formula is C17H15BrN2O2. The molecule has 0 aliphatic carbocycles. The van der Waals surface area contributed by atoms with E-state index in [1.165, 1.54) is 5.56 Å². The summed E-state index contributed by atoms with van der Waals surface area (Å²) in [6.45, 7) is 2.16. The summed E-state index contributed by atoms with van der Waals surface area (Å²) < 4.78 is 6.07. The first-order chi connectivity index (χ1) is 10.7. The van der Waals surface area contributed by atoms with Crippen LogP contribution in [0.5, 0.6) is 0 Å². The van der Waals surface area contributed by atoms with Crippen molar-refractivity contribution in [3.05, 3.63) is 63.9 Å². The topological polar surface area (TPSA) is 55.0 Å². The van der Waals surface area contributed by atoms with E-state index in [9.17, 15) is 4.79 Å². The predicted molar refractivity (Wildman–Crippen MR) is 89.0 cm³/mol. The second-order valence-corrected chi connectivity index (χ2v) is 5.85. The van der Waals surface area contributed by atoms with E-state index in [4.69, 9.17) is 4.74 Å². The zero-order valence-corrected chi connectivity index (χ0v) is 13.7. The Labute approximate surface area is 136 Å². The van der Waals surface area contributed by atoms with Crippen LogP contribution in [0.25, 0.3) is 11.0 Å². The number of carbonyl (C=O) groups is 1. The minimum atomic E-state index is -0.312. The van der Waals surface area contributed by atoms with E-state index in [0.717, 1.165) is 27.8 Å². The number of carbonyl (C=O) groups excluding carboxylic acids is 1. The molecule has 0 saturated heterocycles. The lowest BCUT2D eigenvalue weighted by molar-refractivity contribution is 0.0526. The van der Waals surface area contributed by atoms with Gasteiger partial charge in [-0.15, -0.1) is 0 Å². The second-order valence-electron chi connectivity index (χ2n) is 4.94. The smallest absolute Gasteiger partial charge is 0.338 e. The number of nitrogens with zero attached hydrogens (tertiary/aromatic N) is 1. The number of aromatic nitrogens is 2. The summed E-state index contributed by atoms with van der Waals surface area (Å²) in [5.74, 6) is 0.562. The molecule has 3 rings (SSSR count). The van der Waals surface area contributed by atoms with Gasteiger partial charge in [-0.05, 0) is 42.8 Å². The van der Waals surface area contributed by atoms with Gasteiger partial charge in [-0.2, -0.15) is 0 Å². The third-order valence-electron chi connectivity index (χ3n) is 3.33. The number of nitrogens with one attached hydrogen (secondary N) is 1. The summed E-state index contributed by atoms with van der Waals surface area (Å²) in [6.07, 6.45) is 0.719. The second kappa shape index (κ2) is 6.32. The van der Waals surface area contributed by atoms with Crippen molar-refractivity contribution in [3.8, 4) is 0 Å². The van der Waals surface area contributed by atoms with Gasteiger partial charge in [0.1, 0.15) is 5.82 Å². The van der Waals surface area contributed by atoms with Crippen LogP contribution in [-0.4, -0.2) is 22.5 Å². The first-order valence-corrected chi connectivity index (χ1v) is 7.85. The summed E-state index contributed by atoms with van der Waals surface area (Å²) in [6, 6.07) is 13.5. The van der Waals surface area contributed by atoms with Crippen LogP contribution in [-0.2, 0) is 11.2 Å². The minimum absolute atomic E-state index is 0.312. The van der Waals surface area contributed by atoms with Crippen molar-refractivity contribution < 1.29 is 9.53 Å². The summed E-state index contributed by atoms with van der Waals surface area (Å²) in [5.41, 5.74) is 3.40. The summed E-state index contributed by atoms with van der Waals surface area (Å²) in [7, 11) is 0. The molecule has 0 spiro atoms. The highest BCUT2D eigenvalue weighted by molar-refractivity contribution is 9.10. The number of benzene rings is 2. The summed E-state index contributed by atoms with van der Waals surface area (Å²) in [4.78, 5) is 19.6. The number of esters is 1. The molecule has 0 bridgehead atoms. The highest BCUT2D eigenvalue weighted by Crippen LogP contribution is 2.17. The first kappa shape index (κ1) is 14.8. The lowest BCUT2D eigenvalue weighted by atomic mass is 10.1. The molecule has 1 N–H and O–H groups in total. The van der Waals surface area contributed by atoms with Crippen LogP contribution in [0.1, 0.15) is 28.7 Å². The van der Waals surface area contributed by atoms with Gasteiger partial charge < -0.3 is 9.72 Å². The van der Waals surface area contributed by atoms with Gasteiger partial charge in [0.2, 0.25) is 0 Å². The zero-order chi connectivity index (χ0) is 15.5. The normalized spacial score (nSPS) is 10.8. The van der Waals surface area contributed by atoms with E-state index in [-0.39, 0.29) is 5.97 Å². The van der Waals surface area contributed by atoms with Gasteiger partial charge in [-0.1, -0.05) is 28.1 Å². The summed E-state index contributed by atoms with van der Waals surface area (Å²) in [5, 5.41) is 0. The highest BCUT2D eigenvalue weighted by atomic mass is 79.9. The average molecular weight is 359 g/mol. The number of ether oxygens (including phenoxy) is 1. The van der Waals surface area contributed by atoms with E-state index in [2.05, 4.69) is 38.0 Å². The van der Waals surface area contributed by atoms with Gasteiger partial charge in [0.05, 0.1) is 23.2 Å². The van der Waals surface area contributed by atoms with Gasteiger partial charge in [0, 0.05) is 10.9 Å². The third kappa shape index (κ3) is 3.20. The quantitative estimate of drug-likeness (QED) is 0.714. The van der Waals surface area contributed by atoms with Crippen molar-refractivity contribution in [2.24, 2.45) is 0 Å². The number of hydrogen-bond acceptors (Lipinski definition) is 3. The number of rotatable bonds is 4. The molecule has 2 aromatic carbocycles. The van der Waals surface area contributed by atoms with Gasteiger partial charge in [0.25, 0.3) is 0 Å². The molecular weight excluding hydrogens is 344 g/mol. The molecule has 0 aliphatic heterocycles. The van der Waals surface area contributed by atoms with E-state index in [1.54, 1.807) is 19.1 Å². The molecule has 0 saturated carbocycles. The molecule has 112 valence electrons. The standard InChI is InChI=1S/C17H15BrN2O2/c1-2-22-17(21)12-5-8-14-15(10-12)20-16(19-14)9-11-3-6-13(18)7-4-11/h3-8,10H,2,9H2,1H3,(H,19,20). The van der Waals surface area contributed by atoms with E-state index >= 15 is 0 Å². The van der Waals surface area contributed by atoms with Crippen LogP contribution in [0.2, 0.25) is 0 Å². The van der Waals surface area contributed by atoms with E-state index in [0.29, 0.717) is 12.2 Å². The number of fused-ring (bicyclic) bond motifs is 1. The van der Waals surface area contributed by atoms with E-state index in [1.807, 2.05) is 18.2 Å². The number of H-pyrrole nitrogens is 1. The molecule has 22 heavy (non-hydrogen) atoms. The molecule has 1 aromatic heterocycles. The molecule has 1 heterocycles. The van der Waals surface area contributed by atoms with Crippen molar-refractivity contribution in [3.63, 3.8) is 0 Å². The lowest BCUT2D eigenvalue weighted by Gasteiger charge is -2.00. The lowest BCUT2D eigenvalue weighted by Crippen LogP contribution is -2.04. The molecule has 0 amide bonds.